The fourth-order valence-electron chi connectivity index (χ4n) is 6.79. The van der Waals surface area contributed by atoms with Gasteiger partial charge in [-0.05, 0) is 76.2 Å². The minimum atomic E-state index is -0.199. The maximum Gasteiger partial charge on any atom is 0.239 e. The zero-order valence-corrected chi connectivity index (χ0v) is 21.1. The quantitative estimate of drug-likeness (QED) is 0.599. The van der Waals surface area contributed by atoms with Gasteiger partial charge in [-0.15, -0.1) is 0 Å². The van der Waals surface area contributed by atoms with Crippen LogP contribution < -0.4 is 5.32 Å². The van der Waals surface area contributed by atoms with E-state index in [0.717, 1.165) is 24.7 Å². The van der Waals surface area contributed by atoms with Gasteiger partial charge < -0.3 is 15.3 Å². The van der Waals surface area contributed by atoms with Crippen LogP contribution in [0.4, 0.5) is 0 Å². The van der Waals surface area contributed by atoms with Gasteiger partial charge >= 0.3 is 0 Å². The molecule has 0 aliphatic heterocycles. The Labute approximate surface area is 185 Å². The molecule has 5 unspecified atom stereocenters. The Morgan fingerprint density at radius 3 is 1.97 bits per heavy atom. The van der Waals surface area contributed by atoms with E-state index in [2.05, 4.69) is 77.6 Å². The second kappa shape index (κ2) is 7.74. The molecule has 30 heavy (non-hydrogen) atoms. The lowest BCUT2D eigenvalue weighted by Crippen LogP contribution is -2.72. The van der Waals surface area contributed by atoms with Crippen molar-refractivity contribution in [3.8, 4) is 0 Å². The summed E-state index contributed by atoms with van der Waals surface area (Å²) in [5.74, 6) is 2.64. The first-order chi connectivity index (χ1) is 13.7. The van der Waals surface area contributed by atoms with E-state index in [1.54, 1.807) is 0 Å². The van der Waals surface area contributed by atoms with Crippen molar-refractivity contribution >= 4 is 5.91 Å². The first-order valence-electron chi connectivity index (χ1n) is 12.1. The molecule has 7 atom stereocenters. The summed E-state index contributed by atoms with van der Waals surface area (Å²) >= 11 is 0. The van der Waals surface area contributed by atoms with Gasteiger partial charge in [-0.3, -0.25) is 9.69 Å². The van der Waals surface area contributed by atoms with E-state index in [0.29, 0.717) is 17.9 Å². The molecule has 1 amide bonds. The molecule has 0 heterocycles. The first kappa shape index (κ1) is 24.0. The Hall–Kier alpha value is -0.650. The fraction of sp³-hybridized carbons (Fsp3) is 0.960. The number of carbonyl (C=O) groups is 1. The highest BCUT2D eigenvalue weighted by molar-refractivity contribution is 5.82. The number of aliphatic hydroxyl groups is 1. The number of nitrogens with one attached hydrogen (secondary N) is 1. The van der Waals surface area contributed by atoms with Crippen molar-refractivity contribution in [1.29, 1.82) is 0 Å². The molecule has 3 aliphatic rings. The van der Waals surface area contributed by atoms with Gasteiger partial charge in [0, 0.05) is 24.7 Å². The Bertz CT molecular complexity index is 647. The van der Waals surface area contributed by atoms with Gasteiger partial charge in [0.15, 0.2) is 0 Å². The Morgan fingerprint density at radius 2 is 1.60 bits per heavy atom. The molecule has 0 radical (unpaired) electrons. The highest BCUT2D eigenvalue weighted by Crippen LogP contribution is 2.55. The summed E-state index contributed by atoms with van der Waals surface area (Å²) in [5, 5.41) is 13.9. The monoisotopic (exact) mass is 421 g/mol. The number of likely N-dealkylation sites (N-methyl/N-ethyl adjacent to an activating group) is 2. The summed E-state index contributed by atoms with van der Waals surface area (Å²) in [7, 11) is 4.12. The van der Waals surface area contributed by atoms with Gasteiger partial charge in [0.2, 0.25) is 5.91 Å². The second-order valence-corrected chi connectivity index (χ2v) is 12.1. The van der Waals surface area contributed by atoms with E-state index in [9.17, 15) is 9.90 Å². The number of amides is 1. The van der Waals surface area contributed by atoms with E-state index >= 15 is 0 Å². The van der Waals surface area contributed by atoms with Crippen molar-refractivity contribution < 1.29 is 9.90 Å². The van der Waals surface area contributed by atoms with Crippen LogP contribution >= 0.6 is 0 Å². The predicted octanol–water partition coefficient (Wildman–Crippen LogP) is 3.36. The summed E-state index contributed by atoms with van der Waals surface area (Å²) < 4.78 is 0. The maximum atomic E-state index is 13.7. The molecular formula is C25H47N3O2. The lowest BCUT2D eigenvalue weighted by Gasteiger charge is -2.61. The van der Waals surface area contributed by atoms with Crippen molar-refractivity contribution in [1.82, 2.24) is 15.1 Å². The molecule has 0 aromatic rings. The maximum absolute atomic E-state index is 13.7. The van der Waals surface area contributed by atoms with Crippen molar-refractivity contribution in [3.05, 3.63) is 0 Å². The average molecular weight is 422 g/mol. The second-order valence-electron chi connectivity index (χ2n) is 12.1. The molecule has 2 N–H and O–H groups in total. The van der Waals surface area contributed by atoms with Gasteiger partial charge in [-0.25, -0.2) is 0 Å². The molecule has 0 saturated heterocycles. The highest BCUT2D eigenvalue weighted by Gasteiger charge is 2.63. The number of hydrogen-bond acceptors (Lipinski definition) is 4. The summed E-state index contributed by atoms with van der Waals surface area (Å²) in [5.41, 5.74) is -0.158. The number of nitrogens with zero attached hydrogens (tertiary/aromatic N) is 2. The minimum absolute atomic E-state index is 0.129. The zero-order chi connectivity index (χ0) is 22.8. The van der Waals surface area contributed by atoms with Gasteiger partial charge in [-0.2, -0.15) is 0 Å². The van der Waals surface area contributed by atoms with E-state index < -0.39 is 0 Å². The highest BCUT2D eigenvalue weighted by atomic mass is 16.3. The molecule has 0 spiro atoms. The smallest absolute Gasteiger partial charge is 0.239 e. The molecule has 0 aromatic carbocycles. The third kappa shape index (κ3) is 3.73. The molecule has 3 fully saturated rings. The Morgan fingerprint density at radius 1 is 1.10 bits per heavy atom. The Kier molecular flexibility index (Phi) is 6.19. The van der Waals surface area contributed by atoms with Crippen LogP contribution in [0.3, 0.4) is 0 Å². The predicted molar refractivity (Wildman–Crippen MR) is 123 cm³/mol. The van der Waals surface area contributed by atoms with E-state index in [4.69, 9.17) is 0 Å². The van der Waals surface area contributed by atoms with Crippen LogP contribution in [0.2, 0.25) is 0 Å². The van der Waals surface area contributed by atoms with Crippen molar-refractivity contribution in [2.24, 2.45) is 29.1 Å². The Balaban J connectivity index is 1.75. The first-order valence-corrected chi connectivity index (χ1v) is 12.1. The van der Waals surface area contributed by atoms with Crippen LogP contribution in [-0.2, 0) is 4.79 Å². The summed E-state index contributed by atoms with van der Waals surface area (Å²) in [6.45, 7) is 18.0. The molecule has 174 valence electrons. The largest absolute Gasteiger partial charge is 0.394 e. The molecule has 5 heteroatoms. The van der Waals surface area contributed by atoms with Gasteiger partial charge in [0.05, 0.1) is 18.2 Å². The fourth-order valence-corrected chi connectivity index (χ4v) is 6.79. The third-order valence-corrected chi connectivity index (χ3v) is 9.79. The van der Waals surface area contributed by atoms with E-state index in [-0.39, 0.29) is 41.1 Å². The van der Waals surface area contributed by atoms with Gasteiger partial charge in [0.25, 0.3) is 0 Å². The zero-order valence-electron chi connectivity index (χ0n) is 21.1. The lowest BCUT2D eigenvalue weighted by atomic mass is 9.55. The van der Waals surface area contributed by atoms with E-state index in [1.165, 1.54) is 6.42 Å². The van der Waals surface area contributed by atoms with Crippen LogP contribution in [-0.4, -0.2) is 70.7 Å². The minimum Gasteiger partial charge on any atom is -0.394 e. The molecule has 3 rings (SSSR count). The normalized spacial score (nSPS) is 39.1. The molecule has 3 saturated carbocycles. The number of aliphatic hydroxyl groups excluding tert-OH is 1. The molecular weight excluding hydrogens is 374 g/mol. The molecule has 3 aliphatic carbocycles. The summed E-state index contributed by atoms with van der Waals surface area (Å²) in [6, 6.07) is 0.441. The number of rotatable bonds is 9. The van der Waals surface area contributed by atoms with Crippen LogP contribution in [0.1, 0.15) is 74.7 Å². The number of carbonyl (C=O) groups excluding carboxylic acids is 1. The van der Waals surface area contributed by atoms with Crippen molar-refractivity contribution in [2.45, 2.75) is 104 Å². The molecule has 0 aromatic heterocycles. The van der Waals surface area contributed by atoms with Crippen LogP contribution in [0, 0.1) is 29.1 Å². The van der Waals surface area contributed by atoms with Crippen molar-refractivity contribution in [2.75, 3.05) is 20.7 Å². The molecule has 0 bridgehead atoms. The average Bonchev–Trinajstić information content (AvgIpc) is 3.53. The number of hydrogen-bond donors (Lipinski definition) is 2. The van der Waals surface area contributed by atoms with E-state index in [1.807, 2.05) is 7.05 Å². The topological polar surface area (TPSA) is 55.8 Å². The van der Waals surface area contributed by atoms with Gasteiger partial charge in [-0.1, -0.05) is 34.6 Å². The summed E-state index contributed by atoms with van der Waals surface area (Å²) in [6.07, 6.45) is 3.26. The third-order valence-electron chi connectivity index (χ3n) is 9.79. The van der Waals surface area contributed by atoms with Crippen molar-refractivity contribution in [3.63, 3.8) is 0 Å². The molecule has 5 nitrogen and oxygen atoms in total. The summed E-state index contributed by atoms with van der Waals surface area (Å²) in [4.78, 5) is 18.0. The van der Waals surface area contributed by atoms with Gasteiger partial charge in [0.1, 0.15) is 0 Å². The van der Waals surface area contributed by atoms with Crippen LogP contribution in [0.5, 0.6) is 0 Å². The van der Waals surface area contributed by atoms with Crippen LogP contribution in [0.15, 0.2) is 0 Å². The SMILES string of the molecule is CC1C[C@@H]1C(C)N(C)[C@H](C)C(=O)N(C)C1(C(C)NC2(CO)C(C)C2C)CC(C)(C)C1. The van der Waals surface area contributed by atoms with Crippen LogP contribution in [0.25, 0.3) is 0 Å². The lowest BCUT2D eigenvalue weighted by molar-refractivity contribution is -0.155. The standard InChI is InChI=1S/C25H47N3O2/c1-15-11-21(15)18(4)27(9)19(5)22(30)28(10)24(12-23(7,8)13-24)20(6)26-25(14-29)16(2)17(25)3/h15-21,26,29H,11-14H2,1-10H3/t15?,16?,17?,18?,19-,20?,21+,25?/m1/s1.